The van der Waals surface area contributed by atoms with Crippen molar-refractivity contribution in [3.63, 3.8) is 0 Å². The van der Waals surface area contributed by atoms with Gasteiger partial charge in [-0.1, -0.05) is 36.4 Å². The standard InChI is InChI=1S/C12H10N2/c1-2-4-11(5-3-1)6-7-12-10-13-8-9-14-12/h1-10H/b7-6-. The van der Waals surface area contributed by atoms with Gasteiger partial charge in [-0.05, 0) is 11.6 Å². The molecule has 0 bridgehead atoms. The van der Waals surface area contributed by atoms with Crippen LogP contribution in [0.5, 0.6) is 0 Å². The molecule has 0 aliphatic carbocycles. The Morgan fingerprint density at radius 3 is 2.50 bits per heavy atom. The number of aromatic nitrogens is 2. The van der Waals surface area contributed by atoms with Gasteiger partial charge in [-0.3, -0.25) is 9.97 Å². The van der Waals surface area contributed by atoms with Gasteiger partial charge in [-0.2, -0.15) is 0 Å². The molecule has 0 aliphatic heterocycles. The van der Waals surface area contributed by atoms with Crippen molar-refractivity contribution in [1.82, 2.24) is 9.97 Å². The van der Waals surface area contributed by atoms with Crippen LogP contribution in [0.4, 0.5) is 0 Å². The predicted octanol–water partition coefficient (Wildman–Crippen LogP) is 2.65. The number of benzene rings is 1. The molecule has 0 atom stereocenters. The van der Waals surface area contributed by atoms with E-state index < -0.39 is 0 Å². The third-order valence-corrected chi connectivity index (χ3v) is 1.83. The van der Waals surface area contributed by atoms with Crippen LogP contribution in [0, 0.1) is 0 Å². The Bertz CT molecular complexity index is 365. The van der Waals surface area contributed by atoms with Crippen molar-refractivity contribution in [2.45, 2.75) is 0 Å². The lowest BCUT2D eigenvalue weighted by atomic mass is 10.2. The Morgan fingerprint density at radius 1 is 0.929 bits per heavy atom. The minimum atomic E-state index is 0.872. The summed E-state index contributed by atoms with van der Waals surface area (Å²) in [4.78, 5) is 8.13. The highest BCUT2D eigenvalue weighted by Gasteiger charge is 1.86. The Balaban J connectivity index is 2.16. The van der Waals surface area contributed by atoms with E-state index in [0.29, 0.717) is 0 Å². The fraction of sp³-hybridized carbons (Fsp3) is 0. The summed E-state index contributed by atoms with van der Waals surface area (Å²) in [5.74, 6) is 0. The predicted molar refractivity (Wildman–Crippen MR) is 57.4 cm³/mol. The van der Waals surface area contributed by atoms with Crippen molar-refractivity contribution in [3.05, 3.63) is 60.2 Å². The zero-order chi connectivity index (χ0) is 9.64. The van der Waals surface area contributed by atoms with Gasteiger partial charge in [0.1, 0.15) is 0 Å². The minimum Gasteiger partial charge on any atom is -0.261 e. The van der Waals surface area contributed by atoms with Crippen LogP contribution in [-0.2, 0) is 0 Å². The molecule has 0 fully saturated rings. The van der Waals surface area contributed by atoms with Crippen molar-refractivity contribution in [2.24, 2.45) is 0 Å². The SMILES string of the molecule is C(=C/c1cnccn1)/c1ccccc1. The van der Waals surface area contributed by atoms with Gasteiger partial charge >= 0.3 is 0 Å². The van der Waals surface area contributed by atoms with E-state index in [4.69, 9.17) is 0 Å². The fourth-order valence-corrected chi connectivity index (χ4v) is 1.14. The summed E-state index contributed by atoms with van der Waals surface area (Å²) in [6.07, 6.45) is 9.05. The van der Waals surface area contributed by atoms with E-state index in [0.717, 1.165) is 11.3 Å². The zero-order valence-corrected chi connectivity index (χ0v) is 7.67. The quantitative estimate of drug-likeness (QED) is 0.713. The monoisotopic (exact) mass is 182 g/mol. The Labute approximate surface area is 83.0 Å². The molecule has 0 aliphatic rings. The normalized spacial score (nSPS) is 10.6. The number of hydrogen-bond acceptors (Lipinski definition) is 2. The third kappa shape index (κ3) is 2.26. The molecule has 0 spiro atoms. The third-order valence-electron chi connectivity index (χ3n) is 1.83. The van der Waals surface area contributed by atoms with E-state index in [1.807, 2.05) is 42.5 Å². The Morgan fingerprint density at radius 2 is 1.79 bits per heavy atom. The van der Waals surface area contributed by atoms with E-state index in [-0.39, 0.29) is 0 Å². The molecule has 1 heterocycles. The molecule has 0 saturated heterocycles. The van der Waals surface area contributed by atoms with Crippen LogP contribution in [-0.4, -0.2) is 9.97 Å². The lowest BCUT2D eigenvalue weighted by Gasteiger charge is -1.91. The average Bonchev–Trinajstić information content (AvgIpc) is 2.29. The summed E-state index contributed by atoms with van der Waals surface area (Å²) in [6.45, 7) is 0. The second-order valence-electron chi connectivity index (χ2n) is 2.87. The van der Waals surface area contributed by atoms with E-state index in [9.17, 15) is 0 Å². The van der Waals surface area contributed by atoms with Gasteiger partial charge in [0.25, 0.3) is 0 Å². The van der Waals surface area contributed by atoms with Gasteiger partial charge in [0.2, 0.25) is 0 Å². The summed E-state index contributed by atoms with van der Waals surface area (Å²) in [6, 6.07) is 10.1. The maximum Gasteiger partial charge on any atom is 0.0813 e. The molecule has 0 amide bonds. The minimum absolute atomic E-state index is 0.872. The number of nitrogens with zero attached hydrogens (tertiary/aromatic N) is 2. The lowest BCUT2D eigenvalue weighted by molar-refractivity contribution is 1.18. The summed E-state index contributed by atoms with van der Waals surface area (Å²) >= 11 is 0. The van der Waals surface area contributed by atoms with E-state index in [1.165, 1.54) is 0 Å². The highest BCUT2D eigenvalue weighted by Crippen LogP contribution is 2.04. The summed E-state index contributed by atoms with van der Waals surface area (Å²) < 4.78 is 0. The first-order valence-corrected chi connectivity index (χ1v) is 4.44. The molecule has 1 aromatic carbocycles. The molecule has 2 nitrogen and oxygen atoms in total. The summed E-state index contributed by atoms with van der Waals surface area (Å²) in [5, 5.41) is 0. The van der Waals surface area contributed by atoms with Crippen LogP contribution in [0.25, 0.3) is 12.2 Å². The Kier molecular flexibility index (Phi) is 2.67. The topological polar surface area (TPSA) is 25.8 Å². The zero-order valence-electron chi connectivity index (χ0n) is 7.67. The largest absolute Gasteiger partial charge is 0.261 e. The van der Waals surface area contributed by atoms with Gasteiger partial charge in [0.15, 0.2) is 0 Å². The Hall–Kier alpha value is -1.96. The van der Waals surface area contributed by atoms with Crippen LogP contribution in [0.2, 0.25) is 0 Å². The second-order valence-corrected chi connectivity index (χ2v) is 2.87. The highest BCUT2D eigenvalue weighted by atomic mass is 14.7. The van der Waals surface area contributed by atoms with E-state index in [2.05, 4.69) is 9.97 Å². The van der Waals surface area contributed by atoms with Crippen molar-refractivity contribution < 1.29 is 0 Å². The maximum absolute atomic E-state index is 4.14. The average molecular weight is 182 g/mol. The van der Waals surface area contributed by atoms with Crippen LogP contribution < -0.4 is 0 Å². The van der Waals surface area contributed by atoms with Crippen LogP contribution in [0.1, 0.15) is 11.3 Å². The summed E-state index contributed by atoms with van der Waals surface area (Å²) in [7, 11) is 0. The van der Waals surface area contributed by atoms with Gasteiger partial charge in [0.05, 0.1) is 11.9 Å². The van der Waals surface area contributed by atoms with E-state index in [1.54, 1.807) is 18.6 Å². The smallest absolute Gasteiger partial charge is 0.0813 e. The van der Waals surface area contributed by atoms with Gasteiger partial charge in [-0.25, -0.2) is 0 Å². The van der Waals surface area contributed by atoms with Gasteiger partial charge in [-0.15, -0.1) is 0 Å². The van der Waals surface area contributed by atoms with Crippen molar-refractivity contribution in [2.75, 3.05) is 0 Å². The lowest BCUT2D eigenvalue weighted by Crippen LogP contribution is -1.79. The molecule has 0 radical (unpaired) electrons. The van der Waals surface area contributed by atoms with Crippen LogP contribution in [0.3, 0.4) is 0 Å². The number of hydrogen-bond donors (Lipinski definition) is 0. The number of rotatable bonds is 2. The summed E-state index contributed by atoms with van der Waals surface area (Å²) in [5.41, 5.74) is 2.04. The van der Waals surface area contributed by atoms with Crippen LogP contribution in [0.15, 0.2) is 48.9 Å². The first-order chi connectivity index (χ1) is 6.95. The molecule has 1 aromatic heterocycles. The molecule has 2 aromatic rings. The highest BCUT2D eigenvalue weighted by molar-refractivity contribution is 5.67. The molecule has 0 unspecified atom stereocenters. The molecule has 68 valence electrons. The second kappa shape index (κ2) is 4.33. The van der Waals surface area contributed by atoms with Crippen LogP contribution >= 0.6 is 0 Å². The molecule has 14 heavy (non-hydrogen) atoms. The van der Waals surface area contributed by atoms with Gasteiger partial charge in [0, 0.05) is 12.4 Å². The molecule has 2 rings (SSSR count). The molecule has 2 heteroatoms. The molecular weight excluding hydrogens is 172 g/mol. The molecular formula is C12H10N2. The molecule has 0 saturated carbocycles. The first kappa shape index (κ1) is 8.63. The van der Waals surface area contributed by atoms with Crippen molar-refractivity contribution >= 4 is 12.2 Å². The van der Waals surface area contributed by atoms with Gasteiger partial charge < -0.3 is 0 Å². The maximum atomic E-state index is 4.14. The van der Waals surface area contributed by atoms with E-state index >= 15 is 0 Å². The van der Waals surface area contributed by atoms with Crippen molar-refractivity contribution in [3.8, 4) is 0 Å². The first-order valence-electron chi connectivity index (χ1n) is 4.44. The fourth-order valence-electron chi connectivity index (χ4n) is 1.14. The molecule has 0 N–H and O–H groups in total. The van der Waals surface area contributed by atoms with Crippen molar-refractivity contribution in [1.29, 1.82) is 0 Å².